The van der Waals surface area contributed by atoms with Crippen LogP contribution < -0.4 is 16.1 Å². The van der Waals surface area contributed by atoms with Crippen LogP contribution in [0.5, 0.6) is 0 Å². The lowest BCUT2D eigenvalue weighted by Crippen LogP contribution is -3.06. The third-order valence-electron chi connectivity index (χ3n) is 5.67. The predicted molar refractivity (Wildman–Crippen MR) is 111 cm³/mol. The molecule has 0 bridgehead atoms. The topological polar surface area (TPSA) is 80.4 Å². The van der Waals surface area contributed by atoms with Gasteiger partial charge in [-0.2, -0.15) is 0 Å². The summed E-state index contributed by atoms with van der Waals surface area (Å²) in [5.74, 6) is 0.638. The van der Waals surface area contributed by atoms with Gasteiger partial charge in [0.05, 0.1) is 18.0 Å². The van der Waals surface area contributed by atoms with Crippen LogP contribution >= 0.6 is 0 Å². The summed E-state index contributed by atoms with van der Waals surface area (Å²) in [6.45, 7) is 1.18. The molecule has 1 aliphatic carbocycles. The minimum atomic E-state index is -0.324. The van der Waals surface area contributed by atoms with Crippen molar-refractivity contribution in [2.45, 2.75) is 32.4 Å². The highest BCUT2D eigenvalue weighted by Gasteiger charge is 2.17. The van der Waals surface area contributed by atoms with E-state index in [1.165, 1.54) is 11.1 Å². The number of nitrogens with one attached hydrogen (secondary N) is 2. The van der Waals surface area contributed by atoms with E-state index >= 15 is 0 Å². The van der Waals surface area contributed by atoms with Gasteiger partial charge in [0.2, 0.25) is 0 Å². The number of hydrogen-bond donors (Lipinski definition) is 2. The first-order chi connectivity index (χ1) is 14.1. The molecule has 6 nitrogen and oxygen atoms in total. The number of H-pyrrole nitrogens is 1. The summed E-state index contributed by atoms with van der Waals surface area (Å²) in [5.41, 5.74) is 4.52. The van der Waals surface area contributed by atoms with E-state index in [4.69, 9.17) is 4.42 Å². The van der Waals surface area contributed by atoms with Gasteiger partial charge in [-0.25, -0.2) is 9.78 Å². The zero-order valence-electron chi connectivity index (χ0n) is 16.2. The fourth-order valence-corrected chi connectivity index (χ4v) is 4.33. The lowest BCUT2D eigenvalue weighted by Gasteiger charge is -2.15. The van der Waals surface area contributed by atoms with E-state index in [-0.39, 0.29) is 11.2 Å². The highest BCUT2D eigenvalue weighted by Crippen LogP contribution is 2.28. The van der Waals surface area contributed by atoms with E-state index in [9.17, 15) is 9.59 Å². The van der Waals surface area contributed by atoms with E-state index in [1.807, 2.05) is 31.3 Å². The van der Waals surface area contributed by atoms with Gasteiger partial charge >= 0.3 is 5.63 Å². The summed E-state index contributed by atoms with van der Waals surface area (Å²) >= 11 is 0. The first-order valence-electron chi connectivity index (χ1n) is 9.94. The molecule has 1 aliphatic rings. The van der Waals surface area contributed by atoms with Crippen molar-refractivity contribution in [3.63, 3.8) is 0 Å². The van der Waals surface area contributed by atoms with Crippen molar-refractivity contribution in [2.75, 3.05) is 7.05 Å². The number of benzene rings is 2. The second-order valence-corrected chi connectivity index (χ2v) is 7.90. The van der Waals surface area contributed by atoms with E-state index in [1.54, 1.807) is 12.1 Å². The highest BCUT2D eigenvalue weighted by molar-refractivity contribution is 5.82. The van der Waals surface area contributed by atoms with Crippen molar-refractivity contribution in [3.05, 3.63) is 85.8 Å². The SMILES string of the molecule is C[NH+](Cc1nc2ccccc2c(=O)[nH]1)Cc1cc(=O)oc2cc3c(cc12)CCC3. The molecule has 6 heteroatoms. The molecule has 1 unspecified atom stereocenters. The van der Waals surface area contributed by atoms with Crippen molar-refractivity contribution in [1.29, 1.82) is 0 Å². The first-order valence-corrected chi connectivity index (χ1v) is 9.94. The molecule has 0 fully saturated rings. The fourth-order valence-electron chi connectivity index (χ4n) is 4.33. The Bertz CT molecular complexity index is 1350. The van der Waals surface area contributed by atoms with Crippen LogP contribution in [0.1, 0.15) is 28.9 Å². The molecule has 2 heterocycles. The molecule has 0 saturated carbocycles. The second kappa shape index (κ2) is 6.97. The first kappa shape index (κ1) is 17.8. The lowest BCUT2D eigenvalue weighted by molar-refractivity contribution is -0.908. The van der Waals surface area contributed by atoms with Crippen LogP contribution in [0, 0.1) is 0 Å². The Morgan fingerprint density at radius 1 is 1.03 bits per heavy atom. The molecule has 0 spiro atoms. The zero-order valence-corrected chi connectivity index (χ0v) is 16.2. The molecule has 0 amide bonds. The minimum absolute atomic E-state index is 0.125. The van der Waals surface area contributed by atoms with E-state index in [0.717, 1.165) is 35.1 Å². The van der Waals surface area contributed by atoms with Gasteiger partial charge < -0.3 is 14.3 Å². The second-order valence-electron chi connectivity index (χ2n) is 7.90. The Kier molecular flexibility index (Phi) is 4.28. The fraction of sp³-hybridized carbons (Fsp3) is 0.261. The van der Waals surface area contributed by atoms with Crippen molar-refractivity contribution in [3.8, 4) is 0 Å². The molecule has 0 aliphatic heterocycles. The molecular weight excluding hydrogens is 366 g/mol. The Labute approximate surface area is 166 Å². The minimum Gasteiger partial charge on any atom is -0.423 e. The number of aromatic nitrogens is 2. The monoisotopic (exact) mass is 388 g/mol. The standard InChI is InChI=1S/C23H21N3O3/c1-26(13-21-24-19-8-3-2-7-17(19)23(28)25-21)12-16-11-22(27)29-20-10-15-6-4-5-14(15)9-18(16)20/h2-3,7-11H,4-6,12-13H2,1H3,(H,24,25,28)/p+1. The lowest BCUT2D eigenvalue weighted by atomic mass is 10.0. The summed E-state index contributed by atoms with van der Waals surface area (Å²) in [4.78, 5) is 33.0. The van der Waals surface area contributed by atoms with Crippen LogP contribution in [-0.4, -0.2) is 17.0 Å². The van der Waals surface area contributed by atoms with Crippen molar-refractivity contribution >= 4 is 21.9 Å². The normalized spacial score (nSPS) is 14.4. The zero-order chi connectivity index (χ0) is 20.0. The Morgan fingerprint density at radius 3 is 2.69 bits per heavy atom. The summed E-state index contributed by atoms with van der Waals surface area (Å²) in [5, 5.41) is 1.60. The molecule has 0 saturated heterocycles. The van der Waals surface area contributed by atoms with Gasteiger partial charge in [0.25, 0.3) is 5.56 Å². The summed E-state index contributed by atoms with van der Waals surface area (Å²) in [6, 6.07) is 13.1. The predicted octanol–water partition coefficient (Wildman–Crippen LogP) is 1.73. The van der Waals surface area contributed by atoms with Gasteiger partial charge in [0.15, 0.2) is 5.82 Å². The molecular formula is C23H22N3O3+. The van der Waals surface area contributed by atoms with Gasteiger partial charge in [-0.05, 0) is 54.7 Å². The molecule has 0 radical (unpaired) electrons. The Balaban J connectivity index is 1.46. The number of quaternary nitrogens is 1. The Hall–Kier alpha value is -3.25. The molecule has 5 rings (SSSR count). The van der Waals surface area contributed by atoms with E-state index < -0.39 is 0 Å². The molecule has 1 atom stereocenters. The number of nitrogens with zero attached hydrogens (tertiary/aromatic N) is 1. The summed E-state index contributed by atoms with van der Waals surface area (Å²) < 4.78 is 5.47. The number of para-hydroxylation sites is 1. The maximum Gasteiger partial charge on any atom is 0.336 e. The molecule has 2 N–H and O–H groups in total. The number of rotatable bonds is 4. The third-order valence-corrected chi connectivity index (χ3v) is 5.67. The molecule has 2 aromatic carbocycles. The average molecular weight is 388 g/mol. The maximum absolute atomic E-state index is 12.3. The van der Waals surface area contributed by atoms with Crippen molar-refractivity contribution < 1.29 is 9.32 Å². The largest absolute Gasteiger partial charge is 0.423 e. The van der Waals surface area contributed by atoms with Crippen LogP contribution in [0.25, 0.3) is 21.9 Å². The van der Waals surface area contributed by atoms with Crippen molar-refractivity contribution in [1.82, 2.24) is 9.97 Å². The quantitative estimate of drug-likeness (QED) is 0.522. The molecule has 29 heavy (non-hydrogen) atoms. The van der Waals surface area contributed by atoms with Gasteiger partial charge in [-0.15, -0.1) is 0 Å². The number of aromatic amines is 1. The van der Waals surface area contributed by atoms with Crippen LogP contribution in [0.15, 0.2) is 56.5 Å². The number of fused-ring (bicyclic) bond motifs is 3. The van der Waals surface area contributed by atoms with Gasteiger partial charge in [-0.3, -0.25) is 4.79 Å². The van der Waals surface area contributed by atoms with Gasteiger partial charge in [-0.1, -0.05) is 12.1 Å². The molecule has 2 aromatic heterocycles. The van der Waals surface area contributed by atoms with Crippen LogP contribution in [-0.2, 0) is 25.9 Å². The van der Waals surface area contributed by atoms with Crippen LogP contribution in [0.3, 0.4) is 0 Å². The third kappa shape index (κ3) is 3.36. The summed E-state index contributed by atoms with van der Waals surface area (Å²) in [7, 11) is 2.03. The molecule has 146 valence electrons. The van der Waals surface area contributed by atoms with Crippen LogP contribution in [0.4, 0.5) is 0 Å². The maximum atomic E-state index is 12.3. The van der Waals surface area contributed by atoms with Gasteiger partial charge in [0.1, 0.15) is 18.7 Å². The van der Waals surface area contributed by atoms with Crippen molar-refractivity contribution in [2.24, 2.45) is 0 Å². The van der Waals surface area contributed by atoms with Gasteiger partial charge in [0, 0.05) is 17.0 Å². The smallest absolute Gasteiger partial charge is 0.336 e. The van der Waals surface area contributed by atoms with E-state index in [0.29, 0.717) is 35.4 Å². The van der Waals surface area contributed by atoms with Crippen LogP contribution in [0.2, 0.25) is 0 Å². The number of aryl methyl sites for hydroxylation is 2. The summed E-state index contributed by atoms with van der Waals surface area (Å²) in [6.07, 6.45) is 3.28. The van der Waals surface area contributed by atoms with E-state index in [2.05, 4.69) is 16.0 Å². The molecule has 4 aromatic rings. The number of hydrogen-bond acceptors (Lipinski definition) is 4. The highest BCUT2D eigenvalue weighted by atomic mass is 16.4. The Morgan fingerprint density at radius 2 is 1.83 bits per heavy atom. The average Bonchev–Trinajstić information content (AvgIpc) is 3.14.